The molecule has 0 saturated carbocycles. The first kappa shape index (κ1) is 16.8. The first-order valence-corrected chi connectivity index (χ1v) is 9.23. The minimum Gasteiger partial charge on any atom is -0.467 e. The molecule has 4 heterocycles. The molecule has 2 aromatic heterocycles. The Balaban J connectivity index is 1.46. The van der Waals surface area contributed by atoms with E-state index in [1.165, 1.54) is 0 Å². The number of hydrogen-bond acceptors (Lipinski definition) is 4. The summed E-state index contributed by atoms with van der Waals surface area (Å²) in [7, 11) is 0. The Bertz CT molecular complexity index is 760. The molecule has 0 spiro atoms. The Kier molecular flexibility index (Phi) is 4.73. The molecular formula is C20H23N3O3. The standard InChI is InChI=1S/C20H23N3O3/c24-19-11-16(13-22(19)14-17-6-4-10-26-17)20(25)23-9-2-1-7-18(23)15-5-3-8-21-12-15/h3-6,8,10,12,16,18H,1-2,7,9,11,13-14H2/t16-,18+/m0/s1. The van der Waals surface area contributed by atoms with Crippen LogP contribution in [0, 0.1) is 5.92 Å². The van der Waals surface area contributed by atoms with E-state index in [1.54, 1.807) is 17.4 Å². The predicted octanol–water partition coefficient (Wildman–Crippen LogP) is 2.78. The minimum absolute atomic E-state index is 0.0229. The van der Waals surface area contributed by atoms with Crippen LogP contribution in [0.2, 0.25) is 0 Å². The van der Waals surface area contributed by atoms with E-state index in [1.807, 2.05) is 35.4 Å². The van der Waals surface area contributed by atoms with Crippen molar-refractivity contribution >= 4 is 11.8 Å². The van der Waals surface area contributed by atoms with Gasteiger partial charge in [-0.3, -0.25) is 14.6 Å². The smallest absolute Gasteiger partial charge is 0.228 e. The molecule has 0 aromatic carbocycles. The van der Waals surface area contributed by atoms with Gasteiger partial charge in [0.25, 0.3) is 0 Å². The van der Waals surface area contributed by atoms with Crippen LogP contribution < -0.4 is 0 Å². The molecule has 6 heteroatoms. The van der Waals surface area contributed by atoms with Gasteiger partial charge in [0.05, 0.1) is 24.8 Å². The molecule has 2 aliphatic heterocycles. The Morgan fingerprint density at radius 2 is 2.19 bits per heavy atom. The largest absolute Gasteiger partial charge is 0.467 e. The van der Waals surface area contributed by atoms with E-state index in [4.69, 9.17) is 4.42 Å². The molecule has 2 fully saturated rings. The molecule has 0 radical (unpaired) electrons. The molecule has 136 valence electrons. The van der Waals surface area contributed by atoms with Crippen molar-refractivity contribution < 1.29 is 14.0 Å². The number of nitrogens with zero attached hydrogens (tertiary/aromatic N) is 3. The Morgan fingerprint density at radius 3 is 2.96 bits per heavy atom. The number of aromatic nitrogens is 1. The van der Waals surface area contributed by atoms with Crippen molar-refractivity contribution in [3.63, 3.8) is 0 Å². The summed E-state index contributed by atoms with van der Waals surface area (Å²) >= 11 is 0. The van der Waals surface area contributed by atoms with E-state index in [2.05, 4.69) is 4.98 Å². The highest BCUT2D eigenvalue weighted by molar-refractivity contribution is 5.89. The zero-order valence-corrected chi connectivity index (χ0v) is 14.7. The predicted molar refractivity (Wildman–Crippen MR) is 94.8 cm³/mol. The van der Waals surface area contributed by atoms with Gasteiger partial charge in [0.2, 0.25) is 11.8 Å². The van der Waals surface area contributed by atoms with Crippen LogP contribution in [-0.4, -0.2) is 39.7 Å². The number of furan rings is 1. The van der Waals surface area contributed by atoms with Gasteiger partial charge in [-0.25, -0.2) is 0 Å². The van der Waals surface area contributed by atoms with Gasteiger partial charge in [0, 0.05) is 31.9 Å². The Labute approximate surface area is 152 Å². The summed E-state index contributed by atoms with van der Waals surface area (Å²) < 4.78 is 5.33. The topological polar surface area (TPSA) is 66.7 Å². The summed E-state index contributed by atoms with van der Waals surface area (Å²) in [6.45, 7) is 1.65. The molecule has 4 rings (SSSR count). The average molecular weight is 353 g/mol. The van der Waals surface area contributed by atoms with Crippen LogP contribution in [0.4, 0.5) is 0 Å². The van der Waals surface area contributed by atoms with E-state index in [0.29, 0.717) is 13.1 Å². The van der Waals surface area contributed by atoms with Crippen LogP contribution in [0.5, 0.6) is 0 Å². The van der Waals surface area contributed by atoms with Gasteiger partial charge in [-0.05, 0) is 43.0 Å². The quantitative estimate of drug-likeness (QED) is 0.848. The van der Waals surface area contributed by atoms with E-state index < -0.39 is 0 Å². The molecule has 6 nitrogen and oxygen atoms in total. The van der Waals surface area contributed by atoms with Gasteiger partial charge in [-0.2, -0.15) is 0 Å². The van der Waals surface area contributed by atoms with Crippen molar-refractivity contribution in [3.8, 4) is 0 Å². The number of piperidine rings is 1. The lowest BCUT2D eigenvalue weighted by molar-refractivity contribution is -0.139. The first-order valence-electron chi connectivity index (χ1n) is 9.23. The van der Waals surface area contributed by atoms with E-state index >= 15 is 0 Å². The molecule has 2 saturated heterocycles. The molecule has 0 N–H and O–H groups in total. The number of likely N-dealkylation sites (tertiary alicyclic amines) is 2. The maximum Gasteiger partial charge on any atom is 0.228 e. The van der Waals surface area contributed by atoms with Crippen LogP contribution in [0.3, 0.4) is 0 Å². The Morgan fingerprint density at radius 1 is 1.27 bits per heavy atom. The summed E-state index contributed by atoms with van der Waals surface area (Å²) in [5.41, 5.74) is 1.08. The molecule has 2 aliphatic rings. The van der Waals surface area contributed by atoms with E-state index in [9.17, 15) is 9.59 Å². The number of amides is 2. The third-order valence-corrected chi connectivity index (χ3v) is 5.35. The van der Waals surface area contributed by atoms with Crippen molar-refractivity contribution in [2.24, 2.45) is 5.92 Å². The summed E-state index contributed by atoms with van der Waals surface area (Å²) in [6.07, 6.45) is 8.56. The van der Waals surface area contributed by atoms with Crippen molar-refractivity contribution in [2.75, 3.05) is 13.1 Å². The van der Waals surface area contributed by atoms with Crippen LogP contribution in [0.1, 0.15) is 43.0 Å². The first-order chi connectivity index (χ1) is 12.7. The maximum absolute atomic E-state index is 13.2. The van der Waals surface area contributed by atoms with Crippen molar-refractivity contribution in [3.05, 3.63) is 54.2 Å². The van der Waals surface area contributed by atoms with Gasteiger partial charge < -0.3 is 14.2 Å². The average Bonchev–Trinajstić information content (AvgIpc) is 3.32. The second-order valence-electron chi connectivity index (χ2n) is 7.08. The van der Waals surface area contributed by atoms with Gasteiger partial charge >= 0.3 is 0 Å². The van der Waals surface area contributed by atoms with Gasteiger partial charge in [0.1, 0.15) is 5.76 Å². The third-order valence-electron chi connectivity index (χ3n) is 5.35. The highest BCUT2D eigenvalue weighted by Gasteiger charge is 2.39. The number of carbonyl (C=O) groups excluding carboxylic acids is 2. The number of carbonyl (C=O) groups is 2. The molecular weight excluding hydrogens is 330 g/mol. The SMILES string of the molecule is O=C1C[C@H](C(=O)N2CCCC[C@@H]2c2cccnc2)CN1Cc1ccco1. The van der Waals surface area contributed by atoms with Gasteiger partial charge in [-0.1, -0.05) is 6.07 Å². The summed E-state index contributed by atoms with van der Waals surface area (Å²) in [4.78, 5) is 33.4. The third kappa shape index (κ3) is 3.36. The summed E-state index contributed by atoms with van der Waals surface area (Å²) in [5, 5.41) is 0. The molecule has 0 bridgehead atoms. The number of hydrogen-bond donors (Lipinski definition) is 0. The molecule has 26 heavy (non-hydrogen) atoms. The second kappa shape index (κ2) is 7.32. The summed E-state index contributed by atoms with van der Waals surface area (Å²) in [6, 6.07) is 7.68. The minimum atomic E-state index is -0.269. The van der Waals surface area contributed by atoms with Crippen molar-refractivity contribution in [2.45, 2.75) is 38.3 Å². The van der Waals surface area contributed by atoms with Crippen molar-refractivity contribution in [1.82, 2.24) is 14.8 Å². The zero-order valence-electron chi connectivity index (χ0n) is 14.7. The molecule has 2 atom stereocenters. The molecule has 0 unspecified atom stereocenters. The van der Waals surface area contributed by atoms with Crippen LogP contribution >= 0.6 is 0 Å². The second-order valence-corrected chi connectivity index (χ2v) is 7.08. The zero-order chi connectivity index (χ0) is 17.9. The van der Waals surface area contributed by atoms with Gasteiger partial charge in [-0.15, -0.1) is 0 Å². The lowest BCUT2D eigenvalue weighted by Gasteiger charge is -2.37. The van der Waals surface area contributed by atoms with E-state index in [-0.39, 0.29) is 30.2 Å². The lowest BCUT2D eigenvalue weighted by Crippen LogP contribution is -2.42. The maximum atomic E-state index is 13.2. The number of pyridine rings is 1. The highest BCUT2D eigenvalue weighted by Crippen LogP contribution is 2.33. The number of rotatable bonds is 4. The highest BCUT2D eigenvalue weighted by atomic mass is 16.3. The fourth-order valence-corrected chi connectivity index (χ4v) is 4.03. The molecule has 2 amide bonds. The molecule has 0 aliphatic carbocycles. The Hall–Kier alpha value is -2.63. The molecule has 2 aromatic rings. The van der Waals surface area contributed by atoms with E-state index in [0.717, 1.165) is 37.1 Å². The normalized spacial score (nSPS) is 23.5. The van der Waals surface area contributed by atoms with Crippen LogP contribution in [-0.2, 0) is 16.1 Å². The lowest BCUT2D eigenvalue weighted by atomic mass is 9.94. The summed E-state index contributed by atoms with van der Waals surface area (Å²) in [5.74, 6) is 0.593. The fraction of sp³-hybridized carbons (Fsp3) is 0.450. The monoisotopic (exact) mass is 353 g/mol. The van der Waals surface area contributed by atoms with Crippen molar-refractivity contribution in [1.29, 1.82) is 0 Å². The van der Waals surface area contributed by atoms with Crippen LogP contribution in [0.15, 0.2) is 47.3 Å². The van der Waals surface area contributed by atoms with Gasteiger partial charge in [0.15, 0.2) is 0 Å². The fourth-order valence-electron chi connectivity index (χ4n) is 4.03. The van der Waals surface area contributed by atoms with Crippen LogP contribution in [0.25, 0.3) is 0 Å².